The summed E-state index contributed by atoms with van der Waals surface area (Å²) in [4.78, 5) is 14.5. The van der Waals surface area contributed by atoms with Crippen LogP contribution in [-0.2, 0) is 9.53 Å². The number of hydrogen-bond acceptors (Lipinski definition) is 3. The summed E-state index contributed by atoms with van der Waals surface area (Å²) in [7, 11) is 0. The van der Waals surface area contributed by atoms with Crippen molar-refractivity contribution >= 4 is 5.91 Å². The van der Waals surface area contributed by atoms with Crippen molar-refractivity contribution in [3.8, 4) is 0 Å². The van der Waals surface area contributed by atoms with Crippen LogP contribution < -0.4 is 5.32 Å². The van der Waals surface area contributed by atoms with Gasteiger partial charge < -0.3 is 15.0 Å². The first-order chi connectivity index (χ1) is 10.1. The fraction of sp³-hybridized carbons (Fsp3) is 0.562. The number of carbonyl (C=O) groups excluding carboxylic acids is 1. The number of nitrogens with one attached hydrogen (secondary N) is 1. The lowest BCUT2D eigenvalue weighted by Gasteiger charge is -2.29. The van der Waals surface area contributed by atoms with Crippen molar-refractivity contribution in [2.75, 3.05) is 26.2 Å². The number of hydrogen-bond donors (Lipinski definition) is 1. The van der Waals surface area contributed by atoms with E-state index in [9.17, 15) is 9.18 Å². The van der Waals surface area contributed by atoms with Crippen LogP contribution in [0.4, 0.5) is 4.39 Å². The van der Waals surface area contributed by atoms with Gasteiger partial charge in [0, 0.05) is 31.6 Å². The van der Waals surface area contributed by atoms with E-state index in [1.165, 1.54) is 12.1 Å². The average Bonchev–Trinajstić information content (AvgIpc) is 2.90. The molecule has 1 N–H and O–H groups in total. The molecule has 0 saturated carbocycles. The minimum absolute atomic E-state index is 0.0688. The van der Waals surface area contributed by atoms with E-state index in [4.69, 9.17) is 4.74 Å². The summed E-state index contributed by atoms with van der Waals surface area (Å²) in [6.07, 6.45) is 0.547. The van der Waals surface area contributed by atoms with Crippen LogP contribution in [0.1, 0.15) is 24.8 Å². The third-order valence-electron chi connectivity index (χ3n) is 4.40. The molecule has 21 heavy (non-hydrogen) atoms. The summed E-state index contributed by atoms with van der Waals surface area (Å²) in [6, 6.07) is 6.80. The monoisotopic (exact) mass is 292 g/mol. The van der Waals surface area contributed by atoms with E-state index in [0.29, 0.717) is 19.7 Å². The number of morpholine rings is 1. The molecule has 3 unspecified atom stereocenters. The molecule has 5 heteroatoms. The van der Waals surface area contributed by atoms with Gasteiger partial charge in [0.2, 0.25) is 0 Å². The van der Waals surface area contributed by atoms with E-state index in [1.54, 1.807) is 0 Å². The van der Waals surface area contributed by atoms with Crippen molar-refractivity contribution < 1.29 is 13.9 Å². The first kappa shape index (κ1) is 14.5. The van der Waals surface area contributed by atoms with Gasteiger partial charge in [-0.1, -0.05) is 12.1 Å². The van der Waals surface area contributed by atoms with E-state index in [0.717, 1.165) is 18.5 Å². The second-order valence-corrected chi connectivity index (χ2v) is 5.89. The Morgan fingerprint density at radius 2 is 2.14 bits per heavy atom. The maximum atomic E-state index is 13.0. The van der Waals surface area contributed by atoms with Crippen molar-refractivity contribution in [3.05, 3.63) is 35.6 Å². The molecule has 3 rings (SSSR count). The molecule has 0 bridgehead atoms. The van der Waals surface area contributed by atoms with Gasteiger partial charge >= 0.3 is 0 Å². The van der Waals surface area contributed by atoms with E-state index >= 15 is 0 Å². The van der Waals surface area contributed by atoms with Gasteiger partial charge in [0.1, 0.15) is 11.9 Å². The number of carbonyl (C=O) groups is 1. The number of halogens is 1. The minimum atomic E-state index is -0.367. The molecule has 0 spiro atoms. The fourth-order valence-electron chi connectivity index (χ4n) is 3.22. The standard InChI is InChI=1S/C16H21FN2O2/c1-11-8-13(12-2-4-14(17)5-3-12)10-19(11)16(20)15-9-18-6-7-21-15/h2-5,11,13,15,18H,6-10H2,1H3. The highest BCUT2D eigenvalue weighted by Gasteiger charge is 2.37. The molecule has 3 atom stereocenters. The van der Waals surface area contributed by atoms with Crippen molar-refractivity contribution in [1.29, 1.82) is 0 Å². The lowest BCUT2D eigenvalue weighted by molar-refractivity contribution is -0.145. The Morgan fingerprint density at radius 3 is 2.81 bits per heavy atom. The summed E-state index contributed by atoms with van der Waals surface area (Å²) < 4.78 is 18.6. The van der Waals surface area contributed by atoms with Gasteiger partial charge in [0.15, 0.2) is 0 Å². The Labute approximate surface area is 124 Å². The summed E-state index contributed by atoms with van der Waals surface area (Å²) in [6.45, 7) is 4.73. The molecule has 0 aromatic heterocycles. The van der Waals surface area contributed by atoms with Crippen molar-refractivity contribution in [2.45, 2.75) is 31.4 Å². The molecule has 2 aliphatic rings. The van der Waals surface area contributed by atoms with Crippen molar-refractivity contribution in [2.24, 2.45) is 0 Å². The largest absolute Gasteiger partial charge is 0.366 e. The Bertz CT molecular complexity index is 500. The second kappa shape index (κ2) is 6.12. The van der Waals surface area contributed by atoms with E-state index in [-0.39, 0.29) is 29.8 Å². The third-order valence-corrected chi connectivity index (χ3v) is 4.40. The van der Waals surface area contributed by atoms with Gasteiger partial charge in [-0.25, -0.2) is 4.39 Å². The molecule has 0 radical (unpaired) electrons. The van der Waals surface area contributed by atoms with Crippen LogP contribution in [-0.4, -0.2) is 49.2 Å². The highest BCUT2D eigenvalue weighted by atomic mass is 19.1. The zero-order chi connectivity index (χ0) is 14.8. The Balaban J connectivity index is 1.67. The highest BCUT2D eigenvalue weighted by Crippen LogP contribution is 2.32. The van der Waals surface area contributed by atoms with Crippen molar-refractivity contribution in [3.63, 3.8) is 0 Å². The van der Waals surface area contributed by atoms with Gasteiger partial charge in [-0.2, -0.15) is 0 Å². The highest BCUT2D eigenvalue weighted by molar-refractivity contribution is 5.82. The topological polar surface area (TPSA) is 41.6 Å². The number of rotatable bonds is 2. The predicted octanol–water partition coefficient (Wildman–Crippen LogP) is 1.52. The Kier molecular flexibility index (Phi) is 4.22. The second-order valence-electron chi connectivity index (χ2n) is 5.89. The molecule has 2 heterocycles. The van der Waals surface area contributed by atoms with Gasteiger partial charge in [0.05, 0.1) is 6.61 Å². The Morgan fingerprint density at radius 1 is 1.38 bits per heavy atom. The van der Waals surface area contributed by atoms with Crippen LogP contribution in [0.5, 0.6) is 0 Å². The SMILES string of the molecule is CC1CC(c2ccc(F)cc2)CN1C(=O)C1CNCCO1. The summed E-state index contributed by atoms with van der Waals surface area (Å²) in [5, 5.41) is 3.19. The molecular weight excluding hydrogens is 271 g/mol. The lowest BCUT2D eigenvalue weighted by Crippen LogP contribution is -2.50. The van der Waals surface area contributed by atoms with Gasteiger partial charge in [-0.15, -0.1) is 0 Å². The van der Waals surface area contributed by atoms with Crippen molar-refractivity contribution in [1.82, 2.24) is 10.2 Å². The van der Waals surface area contributed by atoms with Crippen LogP contribution in [0.2, 0.25) is 0 Å². The molecule has 2 saturated heterocycles. The number of ether oxygens (including phenoxy) is 1. The molecule has 2 fully saturated rings. The van der Waals surface area contributed by atoms with Crippen LogP contribution in [0, 0.1) is 5.82 Å². The molecular formula is C16H21FN2O2. The van der Waals surface area contributed by atoms with Gasteiger partial charge in [-0.3, -0.25) is 4.79 Å². The normalized spacial score (nSPS) is 29.6. The minimum Gasteiger partial charge on any atom is -0.366 e. The van der Waals surface area contributed by atoms with Crippen LogP contribution >= 0.6 is 0 Å². The molecule has 1 aromatic carbocycles. The molecule has 114 valence electrons. The maximum Gasteiger partial charge on any atom is 0.253 e. The first-order valence-electron chi connectivity index (χ1n) is 7.53. The summed E-state index contributed by atoms with van der Waals surface area (Å²) in [5.74, 6) is 0.125. The van der Waals surface area contributed by atoms with Gasteiger partial charge in [0.25, 0.3) is 5.91 Å². The van der Waals surface area contributed by atoms with E-state index in [2.05, 4.69) is 12.2 Å². The zero-order valence-electron chi connectivity index (χ0n) is 12.2. The number of nitrogens with zero attached hydrogens (tertiary/aromatic N) is 1. The predicted molar refractivity (Wildman–Crippen MR) is 77.5 cm³/mol. The van der Waals surface area contributed by atoms with Crippen LogP contribution in [0.15, 0.2) is 24.3 Å². The summed E-state index contributed by atoms with van der Waals surface area (Å²) >= 11 is 0. The molecule has 4 nitrogen and oxygen atoms in total. The van der Waals surface area contributed by atoms with E-state index < -0.39 is 0 Å². The first-order valence-corrected chi connectivity index (χ1v) is 7.53. The Hall–Kier alpha value is -1.46. The fourth-order valence-corrected chi connectivity index (χ4v) is 3.22. The van der Waals surface area contributed by atoms with E-state index in [1.807, 2.05) is 17.0 Å². The van der Waals surface area contributed by atoms with Crippen LogP contribution in [0.3, 0.4) is 0 Å². The lowest BCUT2D eigenvalue weighted by atomic mass is 9.97. The smallest absolute Gasteiger partial charge is 0.253 e. The zero-order valence-corrected chi connectivity index (χ0v) is 12.2. The quantitative estimate of drug-likeness (QED) is 0.898. The molecule has 0 aliphatic carbocycles. The average molecular weight is 292 g/mol. The molecule has 1 aromatic rings. The summed E-state index contributed by atoms with van der Waals surface area (Å²) in [5.41, 5.74) is 1.10. The maximum absolute atomic E-state index is 13.0. The number of likely N-dealkylation sites (tertiary alicyclic amines) is 1. The number of benzene rings is 1. The third kappa shape index (κ3) is 3.09. The molecule has 2 aliphatic heterocycles. The van der Waals surface area contributed by atoms with Crippen LogP contribution in [0.25, 0.3) is 0 Å². The van der Waals surface area contributed by atoms with Gasteiger partial charge in [-0.05, 0) is 31.0 Å². The number of amides is 1. The molecule has 1 amide bonds.